The van der Waals surface area contributed by atoms with E-state index in [0.717, 1.165) is 11.1 Å². The Labute approximate surface area is 106 Å². The van der Waals surface area contributed by atoms with E-state index in [9.17, 15) is 4.79 Å². The molecule has 1 atom stereocenters. The van der Waals surface area contributed by atoms with Crippen LogP contribution < -0.4 is 0 Å². The minimum atomic E-state index is -0.288. The summed E-state index contributed by atoms with van der Waals surface area (Å²) in [6, 6.07) is 9.46. The maximum absolute atomic E-state index is 10.9. The first-order valence-electron chi connectivity index (χ1n) is 5.71. The molecule has 1 heterocycles. The molecule has 0 bridgehead atoms. The highest BCUT2D eigenvalue weighted by molar-refractivity contribution is 5.66. The van der Waals surface area contributed by atoms with Crippen molar-refractivity contribution < 1.29 is 9.53 Å². The number of ether oxygens (including phenoxy) is 1. The Bertz CT molecular complexity index is 541. The van der Waals surface area contributed by atoms with E-state index in [1.54, 1.807) is 18.5 Å². The van der Waals surface area contributed by atoms with E-state index in [2.05, 4.69) is 9.97 Å². The molecule has 2 rings (SSSR count). The van der Waals surface area contributed by atoms with Crippen LogP contribution in [0.2, 0.25) is 0 Å². The number of hydrogen-bond acceptors (Lipinski definition) is 4. The van der Waals surface area contributed by atoms with Gasteiger partial charge in [-0.3, -0.25) is 4.79 Å². The molecule has 0 aliphatic rings. The van der Waals surface area contributed by atoms with Crippen LogP contribution in [0.4, 0.5) is 0 Å². The molecule has 0 radical (unpaired) electrons. The maximum Gasteiger partial charge on any atom is 0.303 e. The summed E-state index contributed by atoms with van der Waals surface area (Å²) in [5, 5.41) is 0. The van der Waals surface area contributed by atoms with Crippen molar-refractivity contribution in [2.45, 2.75) is 20.0 Å². The minimum absolute atomic E-state index is 0.272. The second-order valence-electron chi connectivity index (χ2n) is 3.95. The van der Waals surface area contributed by atoms with Crippen molar-refractivity contribution >= 4 is 5.97 Å². The number of rotatable bonds is 3. The van der Waals surface area contributed by atoms with Crippen molar-refractivity contribution in [1.82, 2.24) is 9.97 Å². The van der Waals surface area contributed by atoms with Gasteiger partial charge in [-0.2, -0.15) is 0 Å². The fourth-order valence-electron chi connectivity index (χ4n) is 1.70. The summed E-state index contributed by atoms with van der Waals surface area (Å²) < 4.78 is 5.15. The van der Waals surface area contributed by atoms with E-state index in [1.165, 1.54) is 6.92 Å². The summed E-state index contributed by atoms with van der Waals surface area (Å²) in [7, 11) is 0. The summed E-state index contributed by atoms with van der Waals surface area (Å²) >= 11 is 0. The Morgan fingerprint density at radius 3 is 2.61 bits per heavy atom. The van der Waals surface area contributed by atoms with E-state index in [1.807, 2.05) is 31.2 Å². The van der Waals surface area contributed by atoms with Crippen LogP contribution in [0.1, 0.15) is 25.5 Å². The van der Waals surface area contributed by atoms with Gasteiger partial charge in [-0.1, -0.05) is 18.2 Å². The second-order valence-corrected chi connectivity index (χ2v) is 3.95. The SMILES string of the molecule is CC(=O)O[C@@H](C)c1cccc(-c2ncccn2)c1. The van der Waals surface area contributed by atoms with E-state index in [-0.39, 0.29) is 12.1 Å². The lowest BCUT2D eigenvalue weighted by Gasteiger charge is -2.12. The first-order chi connectivity index (χ1) is 8.66. The van der Waals surface area contributed by atoms with Crippen molar-refractivity contribution in [3.05, 3.63) is 48.3 Å². The van der Waals surface area contributed by atoms with Crippen LogP contribution in [0, 0.1) is 0 Å². The topological polar surface area (TPSA) is 52.1 Å². The van der Waals surface area contributed by atoms with Crippen LogP contribution in [0.3, 0.4) is 0 Å². The third-order valence-corrected chi connectivity index (χ3v) is 2.52. The van der Waals surface area contributed by atoms with Gasteiger partial charge in [0.2, 0.25) is 0 Å². The van der Waals surface area contributed by atoms with Crippen molar-refractivity contribution in [1.29, 1.82) is 0 Å². The van der Waals surface area contributed by atoms with Crippen molar-refractivity contribution in [3.63, 3.8) is 0 Å². The molecule has 92 valence electrons. The molecule has 0 spiro atoms. The maximum atomic E-state index is 10.9. The molecule has 18 heavy (non-hydrogen) atoms. The monoisotopic (exact) mass is 242 g/mol. The molecular weight excluding hydrogens is 228 g/mol. The van der Waals surface area contributed by atoms with Gasteiger partial charge in [0, 0.05) is 24.9 Å². The first kappa shape index (κ1) is 12.2. The normalized spacial score (nSPS) is 11.9. The number of benzene rings is 1. The molecule has 1 aromatic heterocycles. The molecule has 2 aromatic rings. The molecule has 0 saturated carbocycles. The predicted octanol–water partition coefficient (Wildman–Crippen LogP) is 2.77. The lowest BCUT2D eigenvalue weighted by Crippen LogP contribution is -2.04. The summed E-state index contributed by atoms with van der Waals surface area (Å²) in [4.78, 5) is 19.3. The lowest BCUT2D eigenvalue weighted by molar-refractivity contribution is -0.145. The smallest absolute Gasteiger partial charge is 0.303 e. The third kappa shape index (κ3) is 2.91. The molecule has 0 N–H and O–H groups in total. The average Bonchev–Trinajstić information content (AvgIpc) is 2.39. The zero-order valence-electron chi connectivity index (χ0n) is 10.3. The second kappa shape index (κ2) is 5.40. The van der Waals surface area contributed by atoms with Gasteiger partial charge in [-0.15, -0.1) is 0 Å². The molecule has 1 aromatic carbocycles. The predicted molar refractivity (Wildman–Crippen MR) is 67.6 cm³/mol. The summed E-state index contributed by atoms with van der Waals surface area (Å²) in [6.07, 6.45) is 3.13. The molecule has 0 unspecified atom stereocenters. The molecule has 0 aliphatic carbocycles. The number of esters is 1. The minimum Gasteiger partial charge on any atom is -0.458 e. The molecule has 4 heteroatoms. The number of carbonyl (C=O) groups is 1. The van der Waals surface area contributed by atoms with Gasteiger partial charge in [-0.05, 0) is 24.6 Å². The quantitative estimate of drug-likeness (QED) is 0.776. The van der Waals surface area contributed by atoms with Gasteiger partial charge < -0.3 is 4.74 Å². The van der Waals surface area contributed by atoms with Crippen molar-refractivity contribution in [3.8, 4) is 11.4 Å². The largest absolute Gasteiger partial charge is 0.458 e. The fourth-order valence-corrected chi connectivity index (χ4v) is 1.70. The lowest BCUT2D eigenvalue weighted by atomic mass is 10.1. The van der Waals surface area contributed by atoms with Gasteiger partial charge in [0.25, 0.3) is 0 Å². The Hall–Kier alpha value is -2.23. The molecule has 0 saturated heterocycles. The highest BCUT2D eigenvalue weighted by atomic mass is 16.5. The highest BCUT2D eigenvalue weighted by Gasteiger charge is 2.10. The van der Waals surface area contributed by atoms with Gasteiger partial charge in [0.15, 0.2) is 5.82 Å². The van der Waals surface area contributed by atoms with E-state index in [0.29, 0.717) is 5.82 Å². The Kier molecular flexibility index (Phi) is 3.67. The Morgan fingerprint density at radius 1 is 1.22 bits per heavy atom. The molecular formula is C14H14N2O2. The van der Waals surface area contributed by atoms with Crippen LogP contribution in [-0.2, 0) is 9.53 Å². The highest BCUT2D eigenvalue weighted by Crippen LogP contribution is 2.22. The van der Waals surface area contributed by atoms with E-state index >= 15 is 0 Å². The van der Waals surface area contributed by atoms with E-state index in [4.69, 9.17) is 4.74 Å². The molecule has 4 nitrogen and oxygen atoms in total. The van der Waals surface area contributed by atoms with Gasteiger partial charge in [0.1, 0.15) is 6.10 Å². The average molecular weight is 242 g/mol. The standard InChI is InChI=1S/C14H14N2O2/c1-10(18-11(2)17)12-5-3-6-13(9-12)14-15-7-4-8-16-14/h3-10H,1-2H3/t10-/m0/s1. The van der Waals surface area contributed by atoms with Gasteiger partial charge in [-0.25, -0.2) is 9.97 Å². The Balaban J connectivity index is 2.28. The van der Waals surface area contributed by atoms with Crippen LogP contribution in [0.15, 0.2) is 42.7 Å². The molecule has 0 amide bonds. The van der Waals surface area contributed by atoms with Crippen LogP contribution in [0.5, 0.6) is 0 Å². The van der Waals surface area contributed by atoms with E-state index < -0.39 is 0 Å². The third-order valence-electron chi connectivity index (χ3n) is 2.52. The zero-order chi connectivity index (χ0) is 13.0. The number of hydrogen-bond donors (Lipinski definition) is 0. The summed E-state index contributed by atoms with van der Waals surface area (Å²) in [6.45, 7) is 3.24. The van der Waals surface area contributed by atoms with Crippen LogP contribution in [-0.4, -0.2) is 15.9 Å². The molecule has 0 fully saturated rings. The van der Waals surface area contributed by atoms with Crippen LogP contribution >= 0.6 is 0 Å². The van der Waals surface area contributed by atoms with Gasteiger partial charge >= 0.3 is 5.97 Å². The first-order valence-corrected chi connectivity index (χ1v) is 5.71. The van der Waals surface area contributed by atoms with Crippen molar-refractivity contribution in [2.75, 3.05) is 0 Å². The summed E-state index contributed by atoms with van der Waals surface area (Å²) in [5.41, 5.74) is 1.84. The number of carbonyl (C=O) groups excluding carboxylic acids is 1. The summed E-state index contributed by atoms with van der Waals surface area (Å²) in [5.74, 6) is 0.373. The van der Waals surface area contributed by atoms with Crippen LogP contribution in [0.25, 0.3) is 11.4 Å². The fraction of sp³-hybridized carbons (Fsp3) is 0.214. The zero-order valence-corrected chi connectivity index (χ0v) is 10.3. The number of nitrogens with zero attached hydrogens (tertiary/aromatic N) is 2. The molecule has 0 aliphatic heterocycles. The van der Waals surface area contributed by atoms with Gasteiger partial charge in [0.05, 0.1) is 0 Å². The Morgan fingerprint density at radius 2 is 1.94 bits per heavy atom. The van der Waals surface area contributed by atoms with Crippen molar-refractivity contribution in [2.24, 2.45) is 0 Å². The number of aromatic nitrogens is 2.